The monoisotopic (exact) mass is 285 g/mol. The van der Waals surface area contributed by atoms with E-state index in [4.69, 9.17) is 10.3 Å². The zero-order chi connectivity index (χ0) is 14.9. The molecule has 0 aliphatic rings. The van der Waals surface area contributed by atoms with E-state index in [1.807, 2.05) is 0 Å². The molecule has 0 aliphatic heterocycles. The number of aryl methyl sites for hydroxylation is 1. The van der Waals surface area contributed by atoms with Crippen LogP contribution >= 0.6 is 0 Å². The van der Waals surface area contributed by atoms with Gasteiger partial charge in [-0.1, -0.05) is 5.16 Å². The number of hydrogen-bond acceptors (Lipinski definition) is 4. The molecule has 0 bridgehead atoms. The van der Waals surface area contributed by atoms with Crippen LogP contribution in [0.1, 0.15) is 21.8 Å². The highest BCUT2D eigenvalue weighted by Gasteiger charge is 2.33. The molecule has 0 fully saturated rings. The largest absolute Gasteiger partial charge is 0.418 e. The van der Waals surface area contributed by atoms with Gasteiger partial charge in [-0.05, 0) is 25.1 Å². The summed E-state index contributed by atoms with van der Waals surface area (Å²) in [5, 5.41) is 5.76. The zero-order valence-corrected chi connectivity index (χ0v) is 10.3. The van der Waals surface area contributed by atoms with Crippen LogP contribution in [0.3, 0.4) is 0 Å². The third-order valence-corrected chi connectivity index (χ3v) is 2.48. The summed E-state index contributed by atoms with van der Waals surface area (Å²) in [4.78, 5) is 11.7. The Morgan fingerprint density at radius 1 is 1.35 bits per heavy atom. The van der Waals surface area contributed by atoms with E-state index >= 15 is 0 Å². The van der Waals surface area contributed by atoms with E-state index in [0.29, 0.717) is 5.76 Å². The van der Waals surface area contributed by atoms with E-state index in [9.17, 15) is 18.0 Å². The van der Waals surface area contributed by atoms with Crippen LogP contribution in [-0.4, -0.2) is 11.1 Å². The molecule has 0 atom stereocenters. The van der Waals surface area contributed by atoms with Gasteiger partial charge in [0.1, 0.15) is 5.76 Å². The van der Waals surface area contributed by atoms with Gasteiger partial charge in [-0.25, -0.2) is 0 Å². The first kappa shape index (κ1) is 13.9. The van der Waals surface area contributed by atoms with Gasteiger partial charge in [-0.2, -0.15) is 13.2 Å². The van der Waals surface area contributed by atoms with Gasteiger partial charge in [0.25, 0.3) is 5.91 Å². The van der Waals surface area contributed by atoms with E-state index in [1.54, 1.807) is 6.92 Å². The highest BCUT2D eigenvalue weighted by molar-refractivity contribution is 6.02. The van der Waals surface area contributed by atoms with Crippen LogP contribution in [0, 0.1) is 6.92 Å². The number of carbonyl (C=O) groups excluding carboxylic acids is 1. The van der Waals surface area contributed by atoms with Crippen molar-refractivity contribution >= 4 is 17.3 Å². The molecule has 1 heterocycles. The van der Waals surface area contributed by atoms with Crippen LogP contribution in [0.25, 0.3) is 0 Å². The van der Waals surface area contributed by atoms with Crippen molar-refractivity contribution in [3.05, 3.63) is 41.3 Å². The van der Waals surface area contributed by atoms with Crippen molar-refractivity contribution in [2.24, 2.45) is 0 Å². The van der Waals surface area contributed by atoms with Crippen molar-refractivity contribution in [3.8, 4) is 0 Å². The van der Waals surface area contributed by atoms with Gasteiger partial charge in [0.2, 0.25) is 0 Å². The first-order valence-corrected chi connectivity index (χ1v) is 5.49. The van der Waals surface area contributed by atoms with Crippen molar-refractivity contribution < 1.29 is 22.5 Å². The zero-order valence-electron chi connectivity index (χ0n) is 10.3. The fraction of sp³-hybridized carbons (Fsp3) is 0.167. The van der Waals surface area contributed by atoms with Gasteiger partial charge in [0, 0.05) is 17.4 Å². The van der Waals surface area contributed by atoms with Crippen molar-refractivity contribution in [3.63, 3.8) is 0 Å². The van der Waals surface area contributed by atoms with Crippen LogP contribution in [0.5, 0.6) is 0 Å². The number of nitrogens with zero attached hydrogens (tertiary/aromatic N) is 1. The predicted octanol–water partition coefficient (Wildman–Crippen LogP) is 2.84. The van der Waals surface area contributed by atoms with Crippen LogP contribution in [0.15, 0.2) is 28.8 Å². The number of nitrogens with one attached hydrogen (secondary N) is 1. The summed E-state index contributed by atoms with van der Waals surface area (Å²) < 4.78 is 42.7. The van der Waals surface area contributed by atoms with Gasteiger partial charge in [0.15, 0.2) is 5.69 Å². The quantitative estimate of drug-likeness (QED) is 0.831. The minimum atomic E-state index is -4.59. The van der Waals surface area contributed by atoms with Crippen molar-refractivity contribution in [2.75, 3.05) is 11.1 Å². The number of rotatable bonds is 2. The summed E-state index contributed by atoms with van der Waals surface area (Å²) in [5.74, 6) is -0.247. The van der Waals surface area contributed by atoms with E-state index in [1.165, 1.54) is 12.1 Å². The van der Waals surface area contributed by atoms with E-state index < -0.39 is 23.3 Å². The molecule has 2 aromatic rings. The second-order valence-corrected chi connectivity index (χ2v) is 4.08. The Bertz CT molecular complexity index is 650. The molecule has 1 amide bonds. The maximum atomic E-state index is 12.7. The van der Waals surface area contributed by atoms with Crippen LogP contribution < -0.4 is 11.1 Å². The summed E-state index contributed by atoms with van der Waals surface area (Å²) in [6, 6.07) is 4.49. The number of carbonyl (C=O) groups is 1. The van der Waals surface area contributed by atoms with Crippen LogP contribution in [0.2, 0.25) is 0 Å². The molecule has 8 heteroatoms. The number of benzene rings is 1. The molecule has 106 valence electrons. The van der Waals surface area contributed by atoms with Gasteiger partial charge in [-0.3, -0.25) is 4.79 Å². The molecular formula is C12H10F3N3O2. The molecule has 2 rings (SSSR count). The van der Waals surface area contributed by atoms with Crippen molar-refractivity contribution in [2.45, 2.75) is 13.1 Å². The Hall–Kier alpha value is -2.51. The van der Waals surface area contributed by atoms with E-state index in [-0.39, 0.29) is 11.4 Å². The molecule has 0 unspecified atom stereocenters. The Balaban J connectivity index is 2.24. The maximum Gasteiger partial charge on any atom is 0.418 e. The third kappa shape index (κ3) is 2.90. The highest BCUT2D eigenvalue weighted by atomic mass is 19.4. The summed E-state index contributed by atoms with van der Waals surface area (Å²) in [6.45, 7) is 1.59. The number of anilines is 2. The SMILES string of the molecule is Cc1cc(C(=O)Nc2ccc(N)c(C(F)(F)F)c2)no1. The molecule has 0 aliphatic carbocycles. The summed E-state index contributed by atoms with van der Waals surface area (Å²) in [6.07, 6.45) is -4.59. The predicted molar refractivity (Wildman–Crippen MR) is 65.0 cm³/mol. The molecule has 0 radical (unpaired) electrons. The Kier molecular flexibility index (Phi) is 3.39. The molecule has 1 aromatic carbocycles. The standard InChI is InChI=1S/C12H10F3N3O2/c1-6-4-10(18-20-6)11(19)17-7-2-3-9(16)8(5-7)12(13,14)15/h2-5H,16H2,1H3,(H,17,19). The Morgan fingerprint density at radius 3 is 2.60 bits per heavy atom. The number of nitrogens with two attached hydrogens (primary N) is 1. The molecule has 3 N–H and O–H groups in total. The third-order valence-electron chi connectivity index (χ3n) is 2.48. The maximum absolute atomic E-state index is 12.7. The number of aromatic nitrogens is 1. The Morgan fingerprint density at radius 2 is 2.05 bits per heavy atom. The topological polar surface area (TPSA) is 81.2 Å². The van der Waals surface area contributed by atoms with Crippen LogP contribution in [0.4, 0.5) is 24.5 Å². The number of halogens is 3. The highest BCUT2D eigenvalue weighted by Crippen LogP contribution is 2.35. The second-order valence-electron chi connectivity index (χ2n) is 4.08. The fourth-order valence-electron chi connectivity index (χ4n) is 1.55. The lowest BCUT2D eigenvalue weighted by Gasteiger charge is -2.12. The number of alkyl halides is 3. The molecule has 0 saturated heterocycles. The first-order chi connectivity index (χ1) is 9.27. The normalized spacial score (nSPS) is 11.4. The number of hydrogen-bond donors (Lipinski definition) is 2. The number of amides is 1. The summed E-state index contributed by atoms with van der Waals surface area (Å²) >= 11 is 0. The summed E-state index contributed by atoms with van der Waals surface area (Å²) in [7, 11) is 0. The second kappa shape index (κ2) is 4.87. The number of nitrogen functional groups attached to an aromatic ring is 1. The molecule has 0 saturated carbocycles. The molecule has 5 nitrogen and oxygen atoms in total. The fourth-order valence-corrected chi connectivity index (χ4v) is 1.55. The van der Waals surface area contributed by atoms with E-state index in [2.05, 4.69) is 10.5 Å². The Labute approximate surface area is 111 Å². The lowest BCUT2D eigenvalue weighted by Crippen LogP contribution is -2.14. The lowest BCUT2D eigenvalue weighted by molar-refractivity contribution is -0.136. The van der Waals surface area contributed by atoms with Gasteiger partial charge < -0.3 is 15.6 Å². The summed E-state index contributed by atoms with van der Waals surface area (Å²) in [5.41, 5.74) is 3.79. The first-order valence-electron chi connectivity index (χ1n) is 5.49. The molecular weight excluding hydrogens is 275 g/mol. The minimum absolute atomic E-state index is 0.0205. The average Bonchev–Trinajstić information content (AvgIpc) is 2.77. The van der Waals surface area contributed by atoms with Gasteiger partial charge >= 0.3 is 6.18 Å². The van der Waals surface area contributed by atoms with Gasteiger partial charge in [-0.15, -0.1) is 0 Å². The molecule has 0 spiro atoms. The lowest BCUT2D eigenvalue weighted by atomic mass is 10.1. The average molecular weight is 285 g/mol. The van der Waals surface area contributed by atoms with Gasteiger partial charge in [0.05, 0.1) is 5.56 Å². The van der Waals surface area contributed by atoms with Crippen molar-refractivity contribution in [1.82, 2.24) is 5.16 Å². The molecule has 1 aromatic heterocycles. The minimum Gasteiger partial charge on any atom is -0.398 e. The smallest absolute Gasteiger partial charge is 0.398 e. The van der Waals surface area contributed by atoms with Crippen molar-refractivity contribution in [1.29, 1.82) is 0 Å². The van der Waals surface area contributed by atoms with E-state index in [0.717, 1.165) is 12.1 Å². The van der Waals surface area contributed by atoms with Crippen LogP contribution in [-0.2, 0) is 6.18 Å². The molecule has 20 heavy (non-hydrogen) atoms.